The van der Waals surface area contributed by atoms with Crippen molar-refractivity contribution in [3.8, 4) is 0 Å². The third kappa shape index (κ3) is 4.35. The molecular formula is C23H32O8. The van der Waals surface area contributed by atoms with E-state index in [0.29, 0.717) is 31.6 Å². The molecule has 0 radical (unpaired) electrons. The molecule has 0 amide bonds. The Bertz CT molecular complexity index is 839. The molecule has 0 aromatic carbocycles. The fraction of sp³-hybridized carbons (Fsp3) is 0.652. The molecule has 1 fully saturated rings. The van der Waals surface area contributed by atoms with Gasteiger partial charge in [-0.2, -0.15) is 0 Å². The normalized spacial score (nSPS) is 36.6. The highest BCUT2D eigenvalue weighted by Gasteiger charge is 2.60. The maximum absolute atomic E-state index is 12.7. The van der Waals surface area contributed by atoms with Crippen molar-refractivity contribution in [3.63, 3.8) is 0 Å². The maximum Gasteiger partial charge on any atom is 0.342 e. The second-order valence-corrected chi connectivity index (χ2v) is 8.68. The summed E-state index contributed by atoms with van der Waals surface area (Å²) in [4.78, 5) is 25.1. The number of carbonyl (C=O) groups is 2. The minimum absolute atomic E-state index is 0.000550. The highest BCUT2D eigenvalue weighted by atomic mass is 16.7. The molecule has 3 heterocycles. The van der Waals surface area contributed by atoms with Gasteiger partial charge < -0.3 is 28.8 Å². The zero-order valence-electron chi connectivity index (χ0n) is 18.9. The van der Waals surface area contributed by atoms with Crippen LogP contribution in [0.1, 0.15) is 53.9 Å². The number of carbonyl (C=O) groups excluding carboxylic acids is 2. The van der Waals surface area contributed by atoms with Gasteiger partial charge in [-0.1, -0.05) is 6.58 Å². The summed E-state index contributed by atoms with van der Waals surface area (Å²) in [5.74, 6) is -2.24. The van der Waals surface area contributed by atoms with E-state index in [9.17, 15) is 14.7 Å². The molecule has 4 unspecified atom stereocenters. The third-order valence-electron chi connectivity index (χ3n) is 5.98. The predicted octanol–water partition coefficient (Wildman–Crippen LogP) is 2.70. The van der Waals surface area contributed by atoms with Crippen molar-refractivity contribution >= 4 is 11.9 Å². The lowest BCUT2D eigenvalue weighted by atomic mass is 9.82. The SMILES string of the molecule is C=C(C)C(=O)OC1CC(C)(O)C2(OCC)CCC(C)(/C=C3/OC(=O)C(COCC)=C31)O2. The Morgan fingerprint density at radius 1 is 1.29 bits per heavy atom. The molecule has 2 bridgehead atoms. The van der Waals surface area contributed by atoms with Gasteiger partial charge in [0.1, 0.15) is 17.5 Å². The number of aliphatic hydroxyl groups is 1. The van der Waals surface area contributed by atoms with Crippen LogP contribution in [0, 0.1) is 0 Å². The zero-order chi connectivity index (χ0) is 23.0. The van der Waals surface area contributed by atoms with Gasteiger partial charge in [0, 0.05) is 37.2 Å². The average molecular weight is 437 g/mol. The van der Waals surface area contributed by atoms with Crippen LogP contribution in [-0.2, 0) is 33.3 Å². The molecule has 0 aliphatic carbocycles. The van der Waals surface area contributed by atoms with Gasteiger partial charge in [-0.15, -0.1) is 0 Å². The molecule has 0 aromatic rings. The molecule has 172 valence electrons. The van der Waals surface area contributed by atoms with Crippen LogP contribution in [0.25, 0.3) is 0 Å². The highest BCUT2D eigenvalue weighted by Crippen LogP contribution is 2.51. The van der Waals surface area contributed by atoms with E-state index in [1.54, 1.807) is 13.0 Å². The predicted molar refractivity (Wildman–Crippen MR) is 111 cm³/mol. The fourth-order valence-electron chi connectivity index (χ4n) is 4.36. The summed E-state index contributed by atoms with van der Waals surface area (Å²) < 4.78 is 29.0. The van der Waals surface area contributed by atoms with E-state index in [1.165, 1.54) is 6.92 Å². The topological polar surface area (TPSA) is 101 Å². The monoisotopic (exact) mass is 436 g/mol. The van der Waals surface area contributed by atoms with Crippen LogP contribution in [0.2, 0.25) is 0 Å². The Morgan fingerprint density at radius 3 is 2.61 bits per heavy atom. The van der Waals surface area contributed by atoms with E-state index < -0.39 is 35.0 Å². The van der Waals surface area contributed by atoms with Gasteiger partial charge >= 0.3 is 11.9 Å². The molecule has 0 spiro atoms. The van der Waals surface area contributed by atoms with Crippen LogP contribution in [0.4, 0.5) is 0 Å². The Labute approximate surface area is 182 Å². The van der Waals surface area contributed by atoms with E-state index in [2.05, 4.69) is 6.58 Å². The molecule has 8 nitrogen and oxygen atoms in total. The molecule has 0 saturated carbocycles. The maximum atomic E-state index is 12.7. The molecule has 1 saturated heterocycles. The van der Waals surface area contributed by atoms with E-state index in [1.807, 2.05) is 20.8 Å². The summed E-state index contributed by atoms with van der Waals surface area (Å²) in [7, 11) is 0. The number of ether oxygens (including phenoxy) is 5. The van der Waals surface area contributed by atoms with Gasteiger partial charge in [0.2, 0.25) is 0 Å². The Kier molecular flexibility index (Phi) is 6.49. The summed E-state index contributed by atoms with van der Waals surface area (Å²) in [6, 6.07) is 0. The third-order valence-corrected chi connectivity index (χ3v) is 5.98. The van der Waals surface area contributed by atoms with E-state index in [-0.39, 0.29) is 29.9 Å². The van der Waals surface area contributed by atoms with Crippen molar-refractivity contribution in [1.82, 2.24) is 0 Å². The molecule has 4 atom stereocenters. The van der Waals surface area contributed by atoms with E-state index in [0.717, 1.165) is 0 Å². The fourth-order valence-corrected chi connectivity index (χ4v) is 4.36. The molecular weight excluding hydrogens is 404 g/mol. The van der Waals surface area contributed by atoms with Crippen LogP contribution in [0.5, 0.6) is 0 Å². The van der Waals surface area contributed by atoms with Crippen molar-refractivity contribution in [2.45, 2.75) is 77.0 Å². The molecule has 3 rings (SSSR count). The summed E-state index contributed by atoms with van der Waals surface area (Å²) in [5.41, 5.74) is -1.55. The van der Waals surface area contributed by atoms with Gasteiger partial charge in [0.15, 0.2) is 5.79 Å². The lowest BCUT2D eigenvalue weighted by Crippen LogP contribution is -2.56. The molecule has 31 heavy (non-hydrogen) atoms. The first-order chi connectivity index (χ1) is 14.5. The van der Waals surface area contributed by atoms with Crippen LogP contribution in [0.15, 0.2) is 35.1 Å². The van der Waals surface area contributed by atoms with Gasteiger partial charge in [0.25, 0.3) is 0 Å². The zero-order valence-corrected chi connectivity index (χ0v) is 18.9. The first-order valence-electron chi connectivity index (χ1n) is 10.7. The second-order valence-electron chi connectivity index (χ2n) is 8.68. The second kappa shape index (κ2) is 8.50. The lowest BCUT2D eigenvalue weighted by Gasteiger charge is -2.43. The standard InChI is InChI=1S/C23H32O8/c1-7-27-13-15-18-16(30-20(15)25)11-21(5)9-10-23(31-21,28-8-2)22(6,26)12-17(18)29-19(24)14(3)4/h11,17,26H,3,7-10,12-13H2,1-2,4-6H3/b16-11+. The molecule has 3 aliphatic rings. The first-order valence-corrected chi connectivity index (χ1v) is 10.7. The van der Waals surface area contributed by atoms with Crippen molar-refractivity contribution in [2.75, 3.05) is 19.8 Å². The van der Waals surface area contributed by atoms with Crippen LogP contribution in [-0.4, -0.2) is 60.0 Å². The van der Waals surface area contributed by atoms with Crippen molar-refractivity contribution in [3.05, 3.63) is 35.1 Å². The van der Waals surface area contributed by atoms with Crippen LogP contribution >= 0.6 is 0 Å². The Morgan fingerprint density at radius 2 is 2.00 bits per heavy atom. The average Bonchev–Trinajstić information content (AvgIpc) is 3.17. The quantitative estimate of drug-likeness (QED) is 0.480. The van der Waals surface area contributed by atoms with Gasteiger partial charge in [-0.25, -0.2) is 9.59 Å². The van der Waals surface area contributed by atoms with E-state index in [4.69, 9.17) is 23.7 Å². The molecule has 3 aliphatic heterocycles. The Hall–Kier alpha value is -2.00. The largest absolute Gasteiger partial charge is 0.454 e. The summed E-state index contributed by atoms with van der Waals surface area (Å²) >= 11 is 0. The van der Waals surface area contributed by atoms with Gasteiger partial charge in [-0.3, -0.25) is 0 Å². The summed E-state index contributed by atoms with van der Waals surface area (Å²) in [5, 5.41) is 11.6. The highest BCUT2D eigenvalue weighted by molar-refractivity contribution is 5.95. The Balaban J connectivity index is 2.18. The number of hydrogen-bond donors (Lipinski definition) is 1. The number of fused-ring (bicyclic) bond motifs is 3. The number of esters is 2. The van der Waals surface area contributed by atoms with Gasteiger partial charge in [-0.05, 0) is 47.1 Å². The molecule has 8 heteroatoms. The van der Waals surface area contributed by atoms with Crippen molar-refractivity contribution in [2.24, 2.45) is 0 Å². The smallest absolute Gasteiger partial charge is 0.342 e. The first kappa shape index (κ1) is 23.7. The molecule has 0 aromatic heterocycles. The van der Waals surface area contributed by atoms with E-state index >= 15 is 0 Å². The minimum Gasteiger partial charge on any atom is -0.454 e. The number of rotatable bonds is 7. The van der Waals surface area contributed by atoms with Crippen molar-refractivity contribution in [1.29, 1.82) is 0 Å². The van der Waals surface area contributed by atoms with Gasteiger partial charge in [0.05, 0.1) is 17.8 Å². The summed E-state index contributed by atoms with van der Waals surface area (Å²) in [6.45, 7) is 13.0. The van der Waals surface area contributed by atoms with Crippen LogP contribution in [0.3, 0.4) is 0 Å². The number of hydrogen-bond acceptors (Lipinski definition) is 8. The van der Waals surface area contributed by atoms with Crippen molar-refractivity contribution < 1.29 is 38.4 Å². The molecule has 1 N–H and O–H groups in total. The minimum atomic E-state index is -1.54. The van der Waals surface area contributed by atoms with Crippen LogP contribution < -0.4 is 0 Å². The summed E-state index contributed by atoms with van der Waals surface area (Å²) in [6.07, 6.45) is 1.63. The lowest BCUT2D eigenvalue weighted by molar-refractivity contribution is -0.318.